The van der Waals surface area contributed by atoms with Crippen molar-refractivity contribution in [2.45, 2.75) is 11.8 Å². The largest absolute Gasteiger partial charge is 0.304 e. The minimum atomic E-state index is -3.51. The highest BCUT2D eigenvalue weighted by Crippen LogP contribution is 2.23. The number of hydrogen-bond acceptors (Lipinski definition) is 4. The smallest absolute Gasteiger partial charge is 0.254 e. The molecule has 5 nitrogen and oxygen atoms in total. The fourth-order valence-corrected chi connectivity index (χ4v) is 4.26. The molecule has 2 rings (SSSR count). The van der Waals surface area contributed by atoms with E-state index in [1.54, 1.807) is 23.2 Å². The summed E-state index contributed by atoms with van der Waals surface area (Å²) in [6, 6.07) is 5.22. The molecule has 1 aromatic rings. The Kier molecular flexibility index (Phi) is 4.62. The van der Waals surface area contributed by atoms with Gasteiger partial charge in [-0.2, -0.15) is 0 Å². The number of hydrogen-bond donors (Lipinski definition) is 1. The van der Waals surface area contributed by atoms with E-state index in [1.165, 1.54) is 0 Å². The zero-order valence-electron chi connectivity index (χ0n) is 11.1. The van der Waals surface area contributed by atoms with Gasteiger partial charge in [-0.05, 0) is 47.6 Å². The van der Waals surface area contributed by atoms with Crippen molar-refractivity contribution in [1.29, 1.82) is 0 Å². The minimum absolute atomic E-state index is 0.275. The lowest BCUT2D eigenvalue weighted by molar-refractivity contribution is 0.135. The van der Waals surface area contributed by atoms with Gasteiger partial charge in [-0.25, -0.2) is 13.4 Å². The number of sulfonamides is 1. The number of piperazine rings is 1. The molecule has 1 heterocycles. The van der Waals surface area contributed by atoms with Crippen molar-refractivity contribution in [3.63, 3.8) is 0 Å². The number of nitrogens with one attached hydrogen (secondary N) is 1. The highest BCUT2D eigenvalue weighted by atomic mass is 79.9. The first-order valence-electron chi connectivity index (χ1n) is 6.10. The predicted molar refractivity (Wildman–Crippen MR) is 78.3 cm³/mol. The highest BCUT2D eigenvalue weighted by molar-refractivity contribution is 9.10. The van der Waals surface area contributed by atoms with Gasteiger partial charge in [0.05, 0.1) is 4.90 Å². The van der Waals surface area contributed by atoms with Crippen LogP contribution in [0.25, 0.3) is 0 Å². The second-order valence-corrected chi connectivity index (χ2v) is 7.30. The van der Waals surface area contributed by atoms with Crippen molar-refractivity contribution in [2.24, 2.45) is 0 Å². The molecule has 0 unspecified atom stereocenters. The first-order chi connectivity index (χ1) is 8.88. The van der Waals surface area contributed by atoms with E-state index < -0.39 is 10.0 Å². The van der Waals surface area contributed by atoms with Gasteiger partial charge in [-0.1, -0.05) is 6.07 Å². The quantitative estimate of drug-likeness (QED) is 0.892. The van der Waals surface area contributed by atoms with Crippen LogP contribution in [-0.4, -0.2) is 51.6 Å². The van der Waals surface area contributed by atoms with E-state index in [1.807, 2.05) is 14.0 Å². The summed E-state index contributed by atoms with van der Waals surface area (Å²) in [6.45, 7) is 5.03. The van der Waals surface area contributed by atoms with Crippen molar-refractivity contribution >= 4 is 26.0 Å². The van der Waals surface area contributed by atoms with E-state index in [2.05, 4.69) is 25.7 Å². The summed E-state index contributed by atoms with van der Waals surface area (Å²) in [5.41, 5.74) is 1.02. The zero-order chi connectivity index (χ0) is 14.0. The highest BCUT2D eigenvalue weighted by Gasteiger charge is 2.23. The van der Waals surface area contributed by atoms with Crippen molar-refractivity contribution in [3.8, 4) is 0 Å². The van der Waals surface area contributed by atoms with E-state index in [-0.39, 0.29) is 4.90 Å². The molecule has 0 spiro atoms. The van der Waals surface area contributed by atoms with Crippen LogP contribution < -0.4 is 4.83 Å². The lowest BCUT2D eigenvalue weighted by Gasteiger charge is -2.32. The second-order valence-electron chi connectivity index (χ2n) is 4.82. The molecule has 1 aliphatic heterocycles. The van der Waals surface area contributed by atoms with Gasteiger partial charge in [0.25, 0.3) is 10.0 Å². The molecule has 7 heteroatoms. The maximum Gasteiger partial charge on any atom is 0.254 e. The molecule has 0 atom stereocenters. The number of hydrazine groups is 1. The van der Waals surface area contributed by atoms with Gasteiger partial charge in [0.1, 0.15) is 0 Å². The molecule has 0 aliphatic carbocycles. The molecule has 1 aromatic carbocycles. The maximum absolute atomic E-state index is 12.3. The van der Waals surface area contributed by atoms with Gasteiger partial charge >= 0.3 is 0 Å². The molecular weight excluding hydrogens is 330 g/mol. The molecule has 19 heavy (non-hydrogen) atoms. The molecule has 106 valence electrons. The molecular formula is C12H18BrN3O2S. The first-order valence-corrected chi connectivity index (χ1v) is 8.38. The van der Waals surface area contributed by atoms with Crippen molar-refractivity contribution in [1.82, 2.24) is 14.7 Å². The molecule has 0 bridgehead atoms. The van der Waals surface area contributed by atoms with Crippen molar-refractivity contribution < 1.29 is 8.42 Å². The molecule has 1 fully saturated rings. The van der Waals surface area contributed by atoms with Gasteiger partial charge < -0.3 is 4.90 Å². The summed E-state index contributed by atoms with van der Waals surface area (Å²) < 4.78 is 25.2. The van der Waals surface area contributed by atoms with Crippen molar-refractivity contribution in [3.05, 3.63) is 28.2 Å². The summed E-state index contributed by atoms with van der Waals surface area (Å²) in [5.74, 6) is 0. The number of nitrogens with zero attached hydrogens (tertiary/aromatic N) is 2. The molecule has 0 radical (unpaired) electrons. The average Bonchev–Trinajstić information content (AvgIpc) is 2.31. The minimum Gasteiger partial charge on any atom is -0.304 e. The topological polar surface area (TPSA) is 52.7 Å². The third-order valence-corrected chi connectivity index (χ3v) is 5.48. The summed E-state index contributed by atoms with van der Waals surface area (Å²) in [7, 11) is -1.48. The second kappa shape index (κ2) is 5.88. The standard InChI is InChI=1S/C12H18BrN3O2S/c1-10-3-4-12(11(13)9-10)19(17,18)14-16-7-5-15(2)6-8-16/h3-4,9,14H,5-8H2,1-2H3. The third kappa shape index (κ3) is 3.76. The Labute approximate surface area is 122 Å². The summed E-state index contributed by atoms with van der Waals surface area (Å²) in [5, 5.41) is 1.75. The van der Waals surface area contributed by atoms with E-state index in [9.17, 15) is 8.42 Å². The van der Waals surface area contributed by atoms with Crippen LogP contribution in [0, 0.1) is 6.92 Å². The van der Waals surface area contributed by atoms with E-state index in [0.29, 0.717) is 17.6 Å². The van der Waals surface area contributed by atoms with E-state index >= 15 is 0 Å². The monoisotopic (exact) mass is 347 g/mol. The normalized spacial score (nSPS) is 18.7. The summed E-state index contributed by atoms with van der Waals surface area (Å²) in [6.07, 6.45) is 0. The first kappa shape index (κ1) is 14.9. The van der Waals surface area contributed by atoms with Crippen LogP contribution in [0.5, 0.6) is 0 Å². The molecule has 0 amide bonds. The van der Waals surface area contributed by atoms with Crippen LogP contribution in [-0.2, 0) is 10.0 Å². The van der Waals surface area contributed by atoms with Gasteiger partial charge in [0.2, 0.25) is 0 Å². The average molecular weight is 348 g/mol. The number of halogens is 1. The van der Waals surface area contributed by atoms with Gasteiger partial charge in [-0.15, -0.1) is 4.83 Å². The van der Waals surface area contributed by atoms with Gasteiger partial charge in [0.15, 0.2) is 0 Å². The van der Waals surface area contributed by atoms with Gasteiger partial charge in [0, 0.05) is 30.7 Å². The van der Waals surface area contributed by atoms with Crippen LogP contribution in [0.1, 0.15) is 5.56 Å². The van der Waals surface area contributed by atoms with Crippen LogP contribution in [0.2, 0.25) is 0 Å². The third-order valence-electron chi connectivity index (χ3n) is 3.13. The lowest BCUT2D eigenvalue weighted by Crippen LogP contribution is -2.52. The predicted octanol–water partition coefficient (Wildman–Crippen LogP) is 1.20. The fourth-order valence-electron chi connectivity index (χ4n) is 1.94. The summed E-state index contributed by atoms with van der Waals surface area (Å²) >= 11 is 3.31. The van der Waals surface area contributed by atoms with Crippen LogP contribution in [0.15, 0.2) is 27.6 Å². The molecule has 1 N–H and O–H groups in total. The Hall–Kier alpha value is -0.470. The number of rotatable bonds is 3. The number of likely N-dealkylation sites (N-methyl/N-ethyl adjacent to an activating group) is 1. The molecule has 1 aliphatic rings. The summed E-state index contributed by atoms with van der Waals surface area (Å²) in [4.78, 5) is 5.09. The maximum atomic E-state index is 12.3. The Morgan fingerprint density at radius 3 is 2.42 bits per heavy atom. The molecule has 0 aromatic heterocycles. The Balaban J connectivity index is 2.14. The zero-order valence-corrected chi connectivity index (χ0v) is 13.5. The van der Waals surface area contributed by atoms with Crippen LogP contribution in [0.3, 0.4) is 0 Å². The SMILES string of the molecule is Cc1ccc(S(=O)(=O)NN2CCN(C)CC2)c(Br)c1. The number of benzene rings is 1. The molecule has 0 saturated carbocycles. The molecule has 1 saturated heterocycles. The Morgan fingerprint density at radius 1 is 1.21 bits per heavy atom. The Bertz CT molecular complexity index is 554. The van der Waals surface area contributed by atoms with E-state index in [0.717, 1.165) is 18.7 Å². The number of aryl methyl sites for hydroxylation is 1. The lowest BCUT2D eigenvalue weighted by atomic mass is 10.2. The Morgan fingerprint density at radius 2 is 1.84 bits per heavy atom. The van der Waals surface area contributed by atoms with Crippen LogP contribution >= 0.6 is 15.9 Å². The van der Waals surface area contributed by atoms with E-state index in [4.69, 9.17) is 0 Å². The van der Waals surface area contributed by atoms with Gasteiger partial charge in [-0.3, -0.25) is 0 Å². The van der Waals surface area contributed by atoms with Crippen LogP contribution in [0.4, 0.5) is 0 Å². The fraction of sp³-hybridized carbons (Fsp3) is 0.500. The van der Waals surface area contributed by atoms with Crippen molar-refractivity contribution in [2.75, 3.05) is 33.2 Å².